The van der Waals surface area contributed by atoms with Gasteiger partial charge < -0.3 is 4.90 Å². The molecule has 1 aromatic rings. The highest BCUT2D eigenvalue weighted by Crippen LogP contribution is 2.45. The molecular formula is C30H39N. The zero-order chi connectivity index (χ0) is 21.4. The number of rotatable bonds is 4. The summed E-state index contributed by atoms with van der Waals surface area (Å²) in [7, 11) is 0. The summed E-state index contributed by atoms with van der Waals surface area (Å²) in [5.41, 5.74) is 9.72. The zero-order valence-corrected chi connectivity index (χ0v) is 19.7. The molecule has 4 atom stereocenters. The van der Waals surface area contributed by atoms with E-state index < -0.39 is 0 Å². The van der Waals surface area contributed by atoms with Crippen molar-refractivity contribution in [3.8, 4) is 0 Å². The quantitative estimate of drug-likeness (QED) is 0.451. The molecule has 0 saturated heterocycles. The lowest BCUT2D eigenvalue weighted by atomic mass is 9.79. The van der Waals surface area contributed by atoms with Crippen molar-refractivity contribution in [3.63, 3.8) is 0 Å². The Kier molecular flexibility index (Phi) is 5.95. The van der Waals surface area contributed by atoms with Gasteiger partial charge in [0.2, 0.25) is 0 Å². The largest absolute Gasteiger partial charge is 0.367 e. The van der Waals surface area contributed by atoms with E-state index in [-0.39, 0.29) is 0 Å². The van der Waals surface area contributed by atoms with E-state index in [2.05, 4.69) is 74.3 Å². The van der Waals surface area contributed by atoms with Crippen molar-refractivity contribution >= 4 is 0 Å². The van der Waals surface area contributed by atoms with Crippen LogP contribution in [-0.2, 0) is 6.54 Å². The summed E-state index contributed by atoms with van der Waals surface area (Å²) in [5.74, 6) is 1.81. The average molecular weight is 414 g/mol. The zero-order valence-electron chi connectivity index (χ0n) is 19.7. The standard InChI is InChI=1S/C30H39N/c1-21-18-27(24-12-6-4-7-13-24)29(28(19-21)25-14-8-5-9-15-25)20-31-23(3)22(2)26-16-10-11-17-30(26)31/h4,6-8,12,14,18-19,22-25H,5,9-11,13,15-17,20H2,1-3H3. The van der Waals surface area contributed by atoms with Crippen molar-refractivity contribution in [1.29, 1.82) is 0 Å². The molecule has 0 radical (unpaired) electrons. The second kappa shape index (κ2) is 8.85. The van der Waals surface area contributed by atoms with Gasteiger partial charge in [0.1, 0.15) is 0 Å². The molecule has 0 amide bonds. The van der Waals surface area contributed by atoms with Crippen LogP contribution < -0.4 is 0 Å². The summed E-state index contributed by atoms with van der Waals surface area (Å²) in [6.07, 6.45) is 24.5. The van der Waals surface area contributed by atoms with Crippen molar-refractivity contribution in [1.82, 2.24) is 4.90 Å². The third-order valence-electron chi connectivity index (χ3n) is 8.42. The van der Waals surface area contributed by atoms with Gasteiger partial charge in [-0.1, -0.05) is 61.1 Å². The minimum Gasteiger partial charge on any atom is -0.367 e. The molecule has 164 valence electrons. The van der Waals surface area contributed by atoms with E-state index >= 15 is 0 Å². The van der Waals surface area contributed by atoms with E-state index in [0.29, 0.717) is 23.8 Å². The van der Waals surface area contributed by atoms with Gasteiger partial charge in [0.05, 0.1) is 0 Å². The molecule has 4 aliphatic rings. The van der Waals surface area contributed by atoms with E-state index in [1.807, 2.05) is 0 Å². The Hall–Kier alpha value is -2.02. The second-order valence-corrected chi connectivity index (χ2v) is 10.4. The monoisotopic (exact) mass is 413 g/mol. The Morgan fingerprint density at radius 2 is 1.71 bits per heavy atom. The van der Waals surface area contributed by atoms with Crippen LogP contribution in [0.5, 0.6) is 0 Å². The number of nitrogens with zero attached hydrogens (tertiary/aromatic N) is 1. The average Bonchev–Trinajstić information content (AvgIpc) is 3.06. The molecule has 1 heteroatoms. The first-order valence-corrected chi connectivity index (χ1v) is 12.8. The first-order chi connectivity index (χ1) is 15.1. The third kappa shape index (κ3) is 3.97. The van der Waals surface area contributed by atoms with Crippen molar-refractivity contribution < 1.29 is 0 Å². The maximum Gasteiger partial charge on any atom is 0.0435 e. The van der Waals surface area contributed by atoms with Gasteiger partial charge in [0.25, 0.3) is 0 Å². The van der Waals surface area contributed by atoms with Crippen LogP contribution in [0, 0.1) is 12.8 Å². The Labute approximate surface area is 189 Å². The predicted octanol–water partition coefficient (Wildman–Crippen LogP) is 8.09. The smallest absolute Gasteiger partial charge is 0.0435 e. The lowest BCUT2D eigenvalue weighted by Crippen LogP contribution is -2.31. The Morgan fingerprint density at radius 3 is 2.45 bits per heavy atom. The molecule has 0 aromatic heterocycles. The summed E-state index contributed by atoms with van der Waals surface area (Å²) >= 11 is 0. The number of hydrogen-bond acceptors (Lipinski definition) is 1. The first-order valence-electron chi connectivity index (χ1n) is 12.8. The van der Waals surface area contributed by atoms with Gasteiger partial charge in [0.15, 0.2) is 0 Å². The van der Waals surface area contributed by atoms with Gasteiger partial charge in [-0.2, -0.15) is 0 Å². The molecule has 1 aromatic carbocycles. The van der Waals surface area contributed by atoms with Gasteiger partial charge >= 0.3 is 0 Å². The lowest BCUT2D eigenvalue weighted by molar-refractivity contribution is 0.246. The molecule has 0 N–H and O–H groups in total. The van der Waals surface area contributed by atoms with Gasteiger partial charge in [-0.25, -0.2) is 0 Å². The molecule has 0 fully saturated rings. The molecule has 0 bridgehead atoms. The molecule has 1 aliphatic heterocycles. The highest BCUT2D eigenvalue weighted by molar-refractivity contribution is 5.47. The number of allylic oxidation sites excluding steroid dienone is 7. The van der Waals surface area contributed by atoms with Crippen LogP contribution in [0.25, 0.3) is 0 Å². The number of hydrogen-bond donors (Lipinski definition) is 0. The summed E-state index contributed by atoms with van der Waals surface area (Å²) in [6, 6.07) is 5.63. The molecule has 0 spiro atoms. The Bertz CT molecular complexity index is 920. The second-order valence-electron chi connectivity index (χ2n) is 10.4. The van der Waals surface area contributed by atoms with Crippen molar-refractivity contribution in [2.24, 2.45) is 5.92 Å². The van der Waals surface area contributed by atoms with Crippen LogP contribution in [0.15, 0.2) is 59.9 Å². The predicted molar refractivity (Wildman–Crippen MR) is 132 cm³/mol. The first kappa shape index (κ1) is 20.9. The van der Waals surface area contributed by atoms with Gasteiger partial charge in [-0.15, -0.1) is 0 Å². The molecule has 4 unspecified atom stereocenters. The number of aryl methyl sites for hydroxylation is 1. The Morgan fingerprint density at radius 1 is 0.903 bits per heavy atom. The van der Waals surface area contributed by atoms with E-state index in [9.17, 15) is 0 Å². The highest BCUT2D eigenvalue weighted by atomic mass is 15.2. The summed E-state index contributed by atoms with van der Waals surface area (Å²) in [6.45, 7) is 8.34. The minimum absolute atomic E-state index is 0.515. The van der Waals surface area contributed by atoms with Crippen LogP contribution in [0.1, 0.15) is 99.3 Å². The van der Waals surface area contributed by atoms with Crippen molar-refractivity contribution in [2.45, 2.75) is 96.6 Å². The topological polar surface area (TPSA) is 3.24 Å². The number of benzene rings is 1. The molecule has 1 nitrogen and oxygen atoms in total. The maximum absolute atomic E-state index is 2.81. The summed E-state index contributed by atoms with van der Waals surface area (Å²) < 4.78 is 0. The fourth-order valence-corrected chi connectivity index (χ4v) is 6.55. The van der Waals surface area contributed by atoms with Crippen LogP contribution >= 0.6 is 0 Å². The fourth-order valence-electron chi connectivity index (χ4n) is 6.55. The lowest BCUT2D eigenvalue weighted by Gasteiger charge is -2.34. The highest BCUT2D eigenvalue weighted by Gasteiger charge is 2.37. The van der Waals surface area contributed by atoms with Gasteiger partial charge in [0, 0.05) is 30.1 Å². The summed E-state index contributed by atoms with van der Waals surface area (Å²) in [5, 5.41) is 0. The van der Waals surface area contributed by atoms with Crippen LogP contribution in [-0.4, -0.2) is 10.9 Å². The minimum atomic E-state index is 0.515. The van der Waals surface area contributed by atoms with E-state index in [1.54, 1.807) is 28.0 Å². The van der Waals surface area contributed by atoms with Crippen LogP contribution in [0.3, 0.4) is 0 Å². The van der Waals surface area contributed by atoms with E-state index in [4.69, 9.17) is 0 Å². The van der Waals surface area contributed by atoms with E-state index in [1.165, 1.54) is 50.5 Å². The molecule has 31 heavy (non-hydrogen) atoms. The maximum atomic E-state index is 2.81. The summed E-state index contributed by atoms with van der Waals surface area (Å²) in [4.78, 5) is 2.81. The molecule has 0 saturated carbocycles. The fraction of sp³-hybridized carbons (Fsp3) is 0.533. The van der Waals surface area contributed by atoms with Gasteiger partial charge in [-0.3, -0.25) is 0 Å². The van der Waals surface area contributed by atoms with Crippen molar-refractivity contribution in [2.75, 3.05) is 0 Å². The normalized spacial score (nSPS) is 30.2. The Balaban J connectivity index is 1.59. The third-order valence-corrected chi connectivity index (χ3v) is 8.42. The molecule has 5 rings (SSSR count). The van der Waals surface area contributed by atoms with Gasteiger partial charge in [-0.05, 0) is 93.4 Å². The van der Waals surface area contributed by atoms with Crippen molar-refractivity contribution in [3.05, 3.63) is 82.1 Å². The van der Waals surface area contributed by atoms with Crippen LogP contribution in [0.2, 0.25) is 0 Å². The molecule has 3 aliphatic carbocycles. The van der Waals surface area contributed by atoms with E-state index in [0.717, 1.165) is 13.0 Å². The molecular weight excluding hydrogens is 374 g/mol. The SMILES string of the molecule is Cc1cc(C2C=CC=CC2)c(CN2C3=C(CCCC3)C(C)C2C)c(C2C=CCCC2)c1. The molecule has 1 heterocycles. The van der Waals surface area contributed by atoms with Crippen LogP contribution in [0.4, 0.5) is 0 Å².